The molecule has 0 bridgehead atoms. The van der Waals surface area contributed by atoms with Gasteiger partial charge in [-0.3, -0.25) is 9.69 Å². The summed E-state index contributed by atoms with van der Waals surface area (Å²) >= 11 is 0. The number of amides is 1. The number of nitrogens with zero attached hydrogens (tertiary/aromatic N) is 3. The van der Waals surface area contributed by atoms with Gasteiger partial charge in [0.1, 0.15) is 5.82 Å². The molecule has 0 N–H and O–H groups in total. The van der Waals surface area contributed by atoms with Crippen LogP contribution in [0.2, 0.25) is 0 Å². The van der Waals surface area contributed by atoms with Crippen LogP contribution >= 0.6 is 0 Å². The van der Waals surface area contributed by atoms with Gasteiger partial charge in [0, 0.05) is 39.6 Å². The second-order valence-corrected chi connectivity index (χ2v) is 6.55. The lowest BCUT2D eigenvalue weighted by Gasteiger charge is -2.20. The number of halogens is 1. The summed E-state index contributed by atoms with van der Waals surface area (Å²) in [7, 11) is 0. The van der Waals surface area contributed by atoms with E-state index in [0.29, 0.717) is 23.9 Å². The van der Waals surface area contributed by atoms with Gasteiger partial charge in [0.2, 0.25) is 5.76 Å². The van der Waals surface area contributed by atoms with Crippen molar-refractivity contribution in [2.24, 2.45) is 0 Å². The van der Waals surface area contributed by atoms with Crippen molar-refractivity contribution in [2.75, 3.05) is 32.7 Å². The Morgan fingerprint density at radius 3 is 2.65 bits per heavy atom. The maximum absolute atomic E-state index is 12.9. The fourth-order valence-corrected chi connectivity index (χ4v) is 3.14. The first kappa shape index (κ1) is 18.3. The first-order valence-corrected chi connectivity index (χ1v) is 8.90. The quantitative estimate of drug-likeness (QED) is 0.842. The van der Waals surface area contributed by atoms with Crippen LogP contribution in [0.4, 0.5) is 4.39 Å². The summed E-state index contributed by atoms with van der Waals surface area (Å²) in [5.41, 5.74) is 1.63. The molecule has 0 unspecified atom stereocenters. The number of oxazole rings is 1. The molecule has 2 aromatic rings. The summed E-state index contributed by atoms with van der Waals surface area (Å²) in [6, 6.07) is 6.44. The van der Waals surface area contributed by atoms with E-state index in [1.165, 1.54) is 12.1 Å². The van der Waals surface area contributed by atoms with E-state index in [9.17, 15) is 9.18 Å². The van der Waals surface area contributed by atoms with E-state index in [1.807, 2.05) is 11.0 Å². The number of carbonyl (C=O) groups is 1. The van der Waals surface area contributed by atoms with Crippen LogP contribution in [-0.2, 0) is 0 Å². The summed E-state index contributed by atoms with van der Waals surface area (Å²) in [5, 5.41) is 0. The Hall–Kier alpha value is -2.47. The summed E-state index contributed by atoms with van der Waals surface area (Å²) in [5.74, 6) is 0.573. The van der Waals surface area contributed by atoms with E-state index >= 15 is 0 Å². The largest absolute Gasteiger partial charge is 0.436 e. The van der Waals surface area contributed by atoms with E-state index < -0.39 is 0 Å². The number of hydrogen-bond acceptors (Lipinski definition) is 4. The van der Waals surface area contributed by atoms with Crippen molar-refractivity contribution in [3.63, 3.8) is 0 Å². The molecule has 1 aliphatic heterocycles. The Morgan fingerprint density at radius 2 is 1.96 bits per heavy atom. The molecule has 26 heavy (non-hydrogen) atoms. The third kappa shape index (κ3) is 4.58. The van der Waals surface area contributed by atoms with E-state index in [0.717, 1.165) is 38.2 Å². The SMILES string of the molecule is Cc1nc(C)c(C(=O)N2CCCN(CC=Cc3ccc(F)cc3)CC2)o1. The molecule has 1 saturated heterocycles. The highest BCUT2D eigenvalue weighted by Gasteiger charge is 2.24. The average molecular weight is 357 g/mol. The zero-order valence-corrected chi connectivity index (χ0v) is 15.2. The molecule has 3 rings (SSSR count). The van der Waals surface area contributed by atoms with Crippen molar-refractivity contribution >= 4 is 12.0 Å². The van der Waals surface area contributed by atoms with Crippen LogP contribution in [0.5, 0.6) is 0 Å². The number of aryl methyl sites for hydroxylation is 2. The summed E-state index contributed by atoms with van der Waals surface area (Å²) in [6.07, 6.45) is 4.99. The second kappa shape index (κ2) is 8.27. The Morgan fingerprint density at radius 1 is 1.19 bits per heavy atom. The average Bonchev–Trinajstić information content (AvgIpc) is 2.82. The molecule has 6 heteroatoms. The third-order valence-electron chi connectivity index (χ3n) is 4.52. The summed E-state index contributed by atoms with van der Waals surface area (Å²) < 4.78 is 18.4. The highest BCUT2D eigenvalue weighted by atomic mass is 19.1. The van der Waals surface area contributed by atoms with Gasteiger partial charge in [-0.1, -0.05) is 24.3 Å². The van der Waals surface area contributed by atoms with Gasteiger partial charge in [-0.25, -0.2) is 9.37 Å². The van der Waals surface area contributed by atoms with Crippen LogP contribution in [0, 0.1) is 19.7 Å². The fourth-order valence-electron chi connectivity index (χ4n) is 3.14. The lowest BCUT2D eigenvalue weighted by molar-refractivity contribution is 0.0728. The monoisotopic (exact) mass is 357 g/mol. The Labute approximate surface area is 153 Å². The van der Waals surface area contributed by atoms with Crippen LogP contribution < -0.4 is 0 Å². The molecule has 1 amide bonds. The number of rotatable bonds is 4. The first-order valence-electron chi connectivity index (χ1n) is 8.90. The lowest BCUT2D eigenvalue weighted by Crippen LogP contribution is -2.35. The van der Waals surface area contributed by atoms with Gasteiger partial charge in [0.15, 0.2) is 5.89 Å². The molecule has 0 radical (unpaired) electrons. The molecule has 2 heterocycles. The van der Waals surface area contributed by atoms with Crippen molar-refractivity contribution in [1.29, 1.82) is 0 Å². The number of carbonyl (C=O) groups excluding carboxylic acids is 1. The summed E-state index contributed by atoms with van der Waals surface area (Å²) in [6.45, 7) is 7.49. The molecule has 0 aliphatic carbocycles. The van der Waals surface area contributed by atoms with Crippen LogP contribution in [0.1, 0.15) is 34.1 Å². The molecule has 5 nitrogen and oxygen atoms in total. The molecular formula is C20H24FN3O2. The molecule has 1 aromatic carbocycles. The maximum atomic E-state index is 12.9. The van der Waals surface area contributed by atoms with Crippen LogP contribution in [0.15, 0.2) is 34.8 Å². The number of aromatic nitrogens is 1. The molecule has 1 aliphatic rings. The zero-order chi connectivity index (χ0) is 18.5. The van der Waals surface area contributed by atoms with Crippen molar-refractivity contribution in [1.82, 2.24) is 14.8 Å². The van der Waals surface area contributed by atoms with E-state index in [-0.39, 0.29) is 11.7 Å². The minimum atomic E-state index is -0.225. The Kier molecular flexibility index (Phi) is 5.83. The highest BCUT2D eigenvalue weighted by Crippen LogP contribution is 2.14. The summed E-state index contributed by atoms with van der Waals surface area (Å²) in [4.78, 5) is 21.0. The predicted octanol–water partition coefficient (Wildman–Crippen LogP) is 3.29. The second-order valence-electron chi connectivity index (χ2n) is 6.55. The van der Waals surface area contributed by atoms with Crippen LogP contribution in [-0.4, -0.2) is 53.4 Å². The van der Waals surface area contributed by atoms with Crippen molar-refractivity contribution < 1.29 is 13.6 Å². The molecule has 1 fully saturated rings. The standard InChI is InChI=1S/C20H24FN3O2/c1-15-19(26-16(2)22-15)20(25)24-12-4-11-23(13-14-24)10-3-5-17-6-8-18(21)9-7-17/h3,5-9H,4,10-14H2,1-2H3. The Balaban J connectivity index is 1.54. The van der Waals surface area contributed by atoms with Gasteiger partial charge in [0.05, 0.1) is 5.69 Å². The van der Waals surface area contributed by atoms with E-state index in [2.05, 4.69) is 16.0 Å². The third-order valence-corrected chi connectivity index (χ3v) is 4.52. The van der Waals surface area contributed by atoms with Gasteiger partial charge in [-0.15, -0.1) is 0 Å². The van der Waals surface area contributed by atoms with Crippen molar-refractivity contribution in [2.45, 2.75) is 20.3 Å². The van der Waals surface area contributed by atoms with E-state index in [1.54, 1.807) is 26.0 Å². The minimum Gasteiger partial charge on any atom is -0.436 e. The number of hydrogen-bond donors (Lipinski definition) is 0. The van der Waals surface area contributed by atoms with Crippen molar-refractivity contribution in [3.8, 4) is 0 Å². The molecule has 0 saturated carbocycles. The smallest absolute Gasteiger partial charge is 0.291 e. The van der Waals surface area contributed by atoms with Crippen LogP contribution in [0.3, 0.4) is 0 Å². The lowest BCUT2D eigenvalue weighted by atomic mass is 10.2. The van der Waals surface area contributed by atoms with Gasteiger partial charge >= 0.3 is 0 Å². The van der Waals surface area contributed by atoms with Gasteiger partial charge in [-0.2, -0.15) is 0 Å². The topological polar surface area (TPSA) is 49.6 Å². The zero-order valence-electron chi connectivity index (χ0n) is 15.2. The maximum Gasteiger partial charge on any atom is 0.291 e. The molecule has 0 spiro atoms. The van der Waals surface area contributed by atoms with Crippen molar-refractivity contribution in [3.05, 3.63) is 59.1 Å². The molecule has 0 atom stereocenters. The minimum absolute atomic E-state index is 0.0770. The molecular weight excluding hydrogens is 333 g/mol. The van der Waals surface area contributed by atoms with Gasteiger partial charge in [-0.05, 0) is 31.0 Å². The number of benzene rings is 1. The normalized spacial score (nSPS) is 16.2. The molecule has 138 valence electrons. The molecule has 1 aromatic heterocycles. The first-order chi connectivity index (χ1) is 12.5. The van der Waals surface area contributed by atoms with Gasteiger partial charge < -0.3 is 9.32 Å². The fraction of sp³-hybridized carbons (Fsp3) is 0.400. The predicted molar refractivity (Wildman–Crippen MR) is 98.4 cm³/mol. The van der Waals surface area contributed by atoms with Crippen LogP contribution in [0.25, 0.3) is 6.08 Å². The highest BCUT2D eigenvalue weighted by molar-refractivity contribution is 5.92. The van der Waals surface area contributed by atoms with Gasteiger partial charge in [0.25, 0.3) is 5.91 Å². The van der Waals surface area contributed by atoms with E-state index in [4.69, 9.17) is 4.42 Å². The Bertz CT molecular complexity index is 783.